The molecule has 0 radical (unpaired) electrons. The van der Waals surface area contributed by atoms with Gasteiger partial charge >= 0.3 is 0 Å². The summed E-state index contributed by atoms with van der Waals surface area (Å²) in [6, 6.07) is 6.06. The van der Waals surface area contributed by atoms with Crippen LogP contribution in [0.25, 0.3) is 0 Å². The first-order valence-electron chi connectivity index (χ1n) is 8.92. The second-order valence-corrected chi connectivity index (χ2v) is 9.81. The monoisotopic (exact) mass is 440 g/mol. The van der Waals surface area contributed by atoms with E-state index in [-0.39, 0.29) is 10.9 Å². The van der Waals surface area contributed by atoms with Gasteiger partial charge in [0.15, 0.2) is 0 Å². The molecule has 1 aromatic heterocycles. The molecule has 4 nitrogen and oxygen atoms in total. The van der Waals surface area contributed by atoms with Gasteiger partial charge < -0.3 is 5.32 Å². The quantitative estimate of drug-likeness (QED) is 0.700. The molecule has 4 rings (SSSR count). The summed E-state index contributed by atoms with van der Waals surface area (Å²) < 4.78 is 43.2. The summed E-state index contributed by atoms with van der Waals surface area (Å²) in [5.41, 5.74) is 2.06. The minimum atomic E-state index is -3.98. The molecule has 28 heavy (non-hydrogen) atoms. The van der Waals surface area contributed by atoms with Crippen molar-refractivity contribution in [1.82, 2.24) is 9.29 Å². The first-order chi connectivity index (χ1) is 13.3. The van der Waals surface area contributed by atoms with Crippen molar-refractivity contribution in [2.24, 2.45) is 0 Å². The van der Waals surface area contributed by atoms with Crippen LogP contribution in [0.15, 0.2) is 59.7 Å². The normalized spacial score (nSPS) is 26.6. The van der Waals surface area contributed by atoms with Crippen molar-refractivity contribution in [1.29, 1.82) is 0 Å². The number of aromatic nitrogens is 1. The Morgan fingerprint density at radius 1 is 1.32 bits per heavy atom. The first-order valence-corrected chi connectivity index (χ1v) is 11.1. The van der Waals surface area contributed by atoms with E-state index in [4.69, 9.17) is 23.2 Å². The van der Waals surface area contributed by atoms with Crippen molar-refractivity contribution in [3.05, 3.63) is 76.6 Å². The summed E-state index contributed by atoms with van der Waals surface area (Å²) in [6.45, 7) is 0. The van der Waals surface area contributed by atoms with E-state index in [1.54, 1.807) is 30.5 Å². The van der Waals surface area contributed by atoms with Gasteiger partial charge in [-0.05, 0) is 55.3 Å². The predicted molar refractivity (Wildman–Crippen MR) is 109 cm³/mol. The molecule has 0 bridgehead atoms. The third-order valence-electron chi connectivity index (χ3n) is 5.35. The summed E-state index contributed by atoms with van der Waals surface area (Å²) >= 11 is 12.2. The van der Waals surface area contributed by atoms with Gasteiger partial charge in [-0.25, -0.2) is 16.8 Å². The molecular weight excluding hydrogens is 422 g/mol. The molecule has 0 fully saturated rings. The van der Waals surface area contributed by atoms with E-state index < -0.39 is 21.1 Å². The van der Waals surface area contributed by atoms with Gasteiger partial charge in [-0.15, -0.1) is 0 Å². The highest BCUT2D eigenvalue weighted by Gasteiger charge is 2.43. The third kappa shape index (κ3) is 3.12. The molecular formula is C20H19Cl2FN2O2S. The van der Waals surface area contributed by atoms with E-state index in [0.29, 0.717) is 17.1 Å². The van der Waals surface area contributed by atoms with Crippen molar-refractivity contribution in [2.45, 2.75) is 34.8 Å². The van der Waals surface area contributed by atoms with Crippen LogP contribution in [0.4, 0.5) is 4.39 Å². The molecule has 0 amide bonds. The summed E-state index contributed by atoms with van der Waals surface area (Å²) in [4.78, 5) is 0.0466. The molecule has 2 aliphatic rings. The van der Waals surface area contributed by atoms with Crippen molar-refractivity contribution >= 4 is 33.2 Å². The zero-order valence-corrected chi connectivity index (χ0v) is 17.4. The van der Waals surface area contributed by atoms with E-state index >= 15 is 4.39 Å². The molecule has 2 aliphatic carbocycles. The molecule has 0 aliphatic heterocycles. The lowest BCUT2D eigenvalue weighted by molar-refractivity contribution is 0.311. The smallest absolute Gasteiger partial charge is 0.267 e. The van der Waals surface area contributed by atoms with Gasteiger partial charge in [0.25, 0.3) is 10.0 Å². The minimum Gasteiger partial charge on any atom is -0.313 e. The van der Waals surface area contributed by atoms with Gasteiger partial charge in [-0.3, -0.25) is 0 Å². The number of alkyl halides is 2. The summed E-state index contributed by atoms with van der Waals surface area (Å²) in [5.74, 6) is -0.924. The lowest BCUT2D eigenvalue weighted by Crippen LogP contribution is -2.28. The van der Waals surface area contributed by atoms with Crippen LogP contribution in [-0.2, 0) is 16.4 Å². The molecule has 2 aromatic rings. The van der Waals surface area contributed by atoms with Crippen LogP contribution in [0.1, 0.15) is 35.2 Å². The molecule has 1 aromatic carbocycles. The Labute approximate surface area is 173 Å². The highest BCUT2D eigenvalue weighted by molar-refractivity contribution is 7.90. The molecule has 3 unspecified atom stereocenters. The Kier molecular flexibility index (Phi) is 4.94. The molecule has 0 saturated carbocycles. The Morgan fingerprint density at radius 3 is 2.79 bits per heavy atom. The summed E-state index contributed by atoms with van der Waals surface area (Å²) in [7, 11) is -2.15. The average Bonchev–Trinajstić information content (AvgIpc) is 3.21. The van der Waals surface area contributed by atoms with Crippen LogP contribution in [-0.4, -0.2) is 24.6 Å². The fourth-order valence-corrected chi connectivity index (χ4v) is 5.99. The number of hydrogen-bond donors (Lipinski definition) is 1. The maximum Gasteiger partial charge on any atom is 0.267 e. The number of nitrogens with zero attached hydrogens (tertiary/aromatic N) is 1. The Bertz CT molecular complexity index is 1090. The lowest BCUT2D eigenvalue weighted by atomic mass is 9.92. The third-order valence-corrected chi connectivity index (χ3v) is 7.62. The Balaban J connectivity index is 1.96. The van der Waals surface area contributed by atoms with Crippen molar-refractivity contribution < 1.29 is 12.8 Å². The van der Waals surface area contributed by atoms with Gasteiger partial charge in [0.05, 0.1) is 10.8 Å². The topological polar surface area (TPSA) is 51.1 Å². The second-order valence-electron chi connectivity index (χ2n) is 6.98. The van der Waals surface area contributed by atoms with Crippen molar-refractivity contribution in [2.75, 3.05) is 7.05 Å². The highest BCUT2D eigenvalue weighted by Crippen LogP contribution is 2.46. The highest BCUT2D eigenvalue weighted by atomic mass is 35.5. The zero-order chi connectivity index (χ0) is 20.1. The van der Waals surface area contributed by atoms with Gasteiger partial charge in [0.2, 0.25) is 5.13 Å². The number of nitrogens with one attached hydrogen (secondary N) is 1. The van der Waals surface area contributed by atoms with E-state index in [0.717, 1.165) is 17.5 Å². The molecule has 3 atom stereocenters. The number of fused-ring (bicyclic) bond motifs is 1. The Hall–Kier alpha value is -1.60. The van der Waals surface area contributed by atoms with Gasteiger partial charge in [-0.1, -0.05) is 47.5 Å². The number of allylic oxidation sites excluding steroid dienone is 4. The van der Waals surface area contributed by atoms with Gasteiger partial charge in [0, 0.05) is 23.0 Å². The molecule has 0 saturated heterocycles. The Morgan fingerprint density at radius 2 is 2.11 bits per heavy atom. The SMILES string of the molecule is CNC1CCc2c1cn(S(=O)(=O)c1cccc(Cl)c1)c2C1C=CC=CC1(F)Cl. The van der Waals surface area contributed by atoms with E-state index in [2.05, 4.69) is 5.32 Å². The summed E-state index contributed by atoms with van der Waals surface area (Å²) in [5, 5.41) is 1.30. The van der Waals surface area contributed by atoms with Crippen molar-refractivity contribution in [3.8, 4) is 0 Å². The van der Waals surface area contributed by atoms with Crippen LogP contribution >= 0.6 is 23.2 Å². The van der Waals surface area contributed by atoms with E-state index in [1.807, 2.05) is 7.05 Å². The molecule has 1 heterocycles. The number of benzene rings is 1. The zero-order valence-electron chi connectivity index (χ0n) is 15.1. The fraction of sp³-hybridized carbons (Fsp3) is 0.300. The maximum absolute atomic E-state index is 15.2. The van der Waals surface area contributed by atoms with Crippen LogP contribution in [0.5, 0.6) is 0 Å². The van der Waals surface area contributed by atoms with Crippen LogP contribution < -0.4 is 5.32 Å². The minimum absolute atomic E-state index is 0.0111. The van der Waals surface area contributed by atoms with Gasteiger partial charge in [0.1, 0.15) is 0 Å². The van der Waals surface area contributed by atoms with Gasteiger partial charge in [-0.2, -0.15) is 0 Å². The molecule has 0 spiro atoms. The van der Waals surface area contributed by atoms with E-state index in [1.165, 1.54) is 28.3 Å². The number of halogens is 3. The molecule has 8 heteroatoms. The number of hydrogen-bond acceptors (Lipinski definition) is 3. The van der Waals surface area contributed by atoms with Crippen LogP contribution in [0.2, 0.25) is 5.02 Å². The first kappa shape index (κ1) is 19.7. The summed E-state index contributed by atoms with van der Waals surface area (Å²) in [6.07, 6.45) is 9.13. The van der Waals surface area contributed by atoms with Crippen LogP contribution in [0, 0.1) is 0 Å². The van der Waals surface area contributed by atoms with E-state index in [9.17, 15) is 8.42 Å². The number of rotatable bonds is 4. The maximum atomic E-state index is 15.2. The second kappa shape index (κ2) is 7.02. The van der Waals surface area contributed by atoms with Crippen LogP contribution in [0.3, 0.4) is 0 Å². The predicted octanol–water partition coefficient (Wildman–Crippen LogP) is 4.70. The fourth-order valence-electron chi connectivity index (χ4n) is 4.00. The largest absolute Gasteiger partial charge is 0.313 e. The molecule has 148 valence electrons. The van der Waals surface area contributed by atoms with Crippen molar-refractivity contribution in [3.63, 3.8) is 0 Å². The molecule has 1 N–H and O–H groups in total. The standard InChI is InChI=1S/C20H19Cl2FN2O2S/c1-24-18-9-8-15-16(18)12-25(19(15)17-7-2-3-10-20(17,22)23)28(26,27)14-6-4-5-13(21)11-14/h2-7,10-12,17-18,24H,8-9H2,1H3. The average molecular weight is 441 g/mol. The lowest BCUT2D eigenvalue weighted by Gasteiger charge is -2.27.